The van der Waals surface area contributed by atoms with Crippen LogP contribution in [-0.4, -0.2) is 22.4 Å². The molecular weight excluding hydrogens is 249 g/mol. The van der Waals surface area contributed by atoms with Crippen LogP contribution >= 0.6 is 11.8 Å². The maximum atomic E-state index is 11.9. The van der Waals surface area contributed by atoms with Crippen LogP contribution in [0.5, 0.6) is 0 Å². The van der Waals surface area contributed by atoms with E-state index >= 15 is 0 Å². The van der Waals surface area contributed by atoms with Crippen molar-refractivity contribution in [1.82, 2.24) is 9.88 Å². The summed E-state index contributed by atoms with van der Waals surface area (Å²) < 4.78 is 37.6. The quantitative estimate of drug-likeness (QED) is 0.849. The molecule has 0 aliphatic carbocycles. The van der Waals surface area contributed by atoms with Crippen LogP contribution in [-0.2, 0) is 6.54 Å². The molecule has 1 rings (SSSR count). The van der Waals surface area contributed by atoms with E-state index in [2.05, 4.69) is 5.32 Å². The van der Waals surface area contributed by atoms with Crippen molar-refractivity contribution in [3.05, 3.63) is 24.0 Å². The van der Waals surface area contributed by atoms with Crippen LogP contribution in [0.1, 0.15) is 25.5 Å². The zero-order valence-electron chi connectivity index (χ0n) is 9.92. The van der Waals surface area contributed by atoms with Crippen LogP contribution in [0.2, 0.25) is 0 Å². The van der Waals surface area contributed by atoms with E-state index in [0.717, 1.165) is 12.1 Å². The lowest BCUT2D eigenvalue weighted by Crippen LogP contribution is -2.17. The summed E-state index contributed by atoms with van der Waals surface area (Å²) in [5.41, 5.74) is -3.03. The van der Waals surface area contributed by atoms with Crippen LogP contribution in [0.3, 0.4) is 0 Å². The standard InChI is InChI=1S/C11H17F3N2S/c1-3-15-9(2)10-4-5-16(8-10)6-7-17-11(12,13)14/h4-5,8-9,15H,3,6-7H2,1-2H3. The second kappa shape index (κ2) is 6.35. The average Bonchev–Trinajstić information content (AvgIpc) is 2.65. The number of nitrogens with zero attached hydrogens (tertiary/aromatic N) is 1. The lowest BCUT2D eigenvalue weighted by atomic mass is 10.2. The summed E-state index contributed by atoms with van der Waals surface area (Å²) in [4.78, 5) is 0. The van der Waals surface area contributed by atoms with Gasteiger partial charge < -0.3 is 9.88 Å². The maximum absolute atomic E-state index is 11.9. The van der Waals surface area contributed by atoms with Gasteiger partial charge in [0.25, 0.3) is 0 Å². The summed E-state index contributed by atoms with van der Waals surface area (Å²) in [6.07, 6.45) is 3.71. The molecule has 0 aliphatic rings. The molecule has 17 heavy (non-hydrogen) atoms. The van der Waals surface area contributed by atoms with Crippen molar-refractivity contribution in [3.63, 3.8) is 0 Å². The first kappa shape index (κ1) is 14.4. The monoisotopic (exact) mass is 266 g/mol. The molecule has 1 aromatic heterocycles. The molecule has 98 valence electrons. The van der Waals surface area contributed by atoms with Crippen LogP contribution in [0.15, 0.2) is 18.5 Å². The Morgan fingerprint density at radius 1 is 1.47 bits per heavy atom. The van der Waals surface area contributed by atoms with Gasteiger partial charge in [0.05, 0.1) is 0 Å². The second-order valence-electron chi connectivity index (χ2n) is 3.76. The molecule has 6 heteroatoms. The van der Waals surface area contributed by atoms with Crippen molar-refractivity contribution in [2.45, 2.75) is 31.9 Å². The van der Waals surface area contributed by atoms with Crippen molar-refractivity contribution < 1.29 is 13.2 Å². The molecule has 0 bridgehead atoms. The van der Waals surface area contributed by atoms with Crippen molar-refractivity contribution in [3.8, 4) is 0 Å². The second-order valence-corrected chi connectivity index (χ2v) is 4.92. The fourth-order valence-corrected chi connectivity index (χ4v) is 2.08. The minimum absolute atomic E-state index is 0.0199. The van der Waals surface area contributed by atoms with E-state index in [1.54, 1.807) is 4.57 Å². The third kappa shape index (κ3) is 5.50. The van der Waals surface area contributed by atoms with Crippen molar-refractivity contribution >= 4 is 11.8 Å². The number of thioether (sulfide) groups is 1. The molecule has 0 aromatic carbocycles. The van der Waals surface area contributed by atoms with E-state index in [4.69, 9.17) is 0 Å². The average molecular weight is 266 g/mol. The van der Waals surface area contributed by atoms with Crippen LogP contribution in [0.4, 0.5) is 13.2 Å². The van der Waals surface area contributed by atoms with Crippen molar-refractivity contribution in [1.29, 1.82) is 0 Å². The molecule has 1 atom stereocenters. The molecule has 0 aliphatic heterocycles. The van der Waals surface area contributed by atoms with Gasteiger partial charge in [-0.05, 0) is 36.9 Å². The van der Waals surface area contributed by atoms with Crippen molar-refractivity contribution in [2.75, 3.05) is 12.3 Å². The molecule has 1 aromatic rings. The first-order valence-electron chi connectivity index (χ1n) is 5.52. The van der Waals surface area contributed by atoms with Gasteiger partial charge in [-0.25, -0.2) is 0 Å². The fourth-order valence-electron chi connectivity index (χ4n) is 1.55. The van der Waals surface area contributed by atoms with Gasteiger partial charge in [0.2, 0.25) is 0 Å². The van der Waals surface area contributed by atoms with Gasteiger partial charge >= 0.3 is 5.51 Å². The molecule has 0 radical (unpaired) electrons. The number of hydrogen-bond acceptors (Lipinski definition) is 2. The summed E-state index contributed by atoms with van der Waals surface area (Å²) >= 11 is 0.0199. The smallest absolute Gasteiger partial charge is 0.353 e. The first-order valence-corrected chi connectivity index (χ1v) is 6.50. The zero-order valence-corrected chi connectivity index (χ0v) is 10.7. The topological polar surface area (TPSA) is 17.0 Å². The third-order valence-corrected chi connectivity index (χ3v) is 3.11. The van der Waals surface area contributed by atoms with Gasteiger partial charge in [0.1, 0.15) is 0 Å². The molecule has 0 amide bonds. The van der Waals surface area contributed by atoms with E-state index in [1.165, 1.54) is 0 Å². The van der Waals surface area contributed by atoms with E-state index < -0.39 is 5.51 Å². The predicted molar refractivity (Wildman–Crippen MR) is 65.0 cm³/mol. The Bertz CT molecular complexity index is 336. The summed E-state index contributed by atoms with van der Waals surface area (Å²) in [6.45, 7) is 5.31. The Hall–Kier alpha value is -0.620. The summed E-state index contributed by atoms with van der Waals surface area (Å²) in [5, 5.41) is 3.26. The molecule has 1 N–H and O–H groups in total. The number of hydrogen-bond donors (Lipinski definition) is 1. The summed E-state index contributed by atoms with van der Waals surface area (Å²) in [6, 6.07) is 2.17. The highest BCUT2D eigenvalue weighted by atomic mass is 32.2. The number of aromatic nitrogens is 1. The SMILES string of the molecule is CCNC(C)c1ccn(CCSC(F)(F)F)c1. The molecule has 2 nitrogen and oxygen atoms in total. The van der Waals surface area contributed by atoms with Crippen LogP contribution < -0.4 is 5.32 Å². The highest BCUT2D eigenvalue weighted by Gasteiger charge is 2.27. The molecule has 0 spiro atoms. The minimum atomic E-state index is -4.13. The van der Waals surface area contributed by atoms with E-state index in [1.807, 2.05) is 32.3 Å². The van der Waals surface area contributed by atoms with Gasteiger partial charge in [-0.3, -0.25) is 0 Å². The number of aryl methyl sites for hydroxylation is 1. The lowest BCUT2D eigenvalue weighted by Gasteiger charge is -2.10. The first-order chi connectivity index (χ1) is 7.92. The summed E-state index contributed by atoms with van der Waals surface area (Å²) in [7, 11) is 0. The van der Waals surface area contributed by atoms with Gasteiger partial charge in [0.15, 0.2) is 0 Å². The maximum Gasteiger partial charge on any atom is 0.441 e. The highest BCUT2D eigenvalue weighted by Crippen LogP contribution is 2.30. The number of halogens is 3. The molecule has 0 fully saturated rings. The Morgan fingerprint density at radius 3 is 2.76 bits per heavy atom. The Kier molecular flexibility index (Phi) is 5.39. The zero-order chi connectivity index (χ0) is 12.9. The molecule has 1 unspecified atom stereocenters. The number of rotatable bonds is 6. The molecule has 0 saturated heterocycles. The molecular formula is C11H17F3N2S. The molecule has 0 saturated carbocycles. The minimum Gasteiger partial charge on any atom is -0.353 e. The number of nitrogens with one attached hydrogen (secondary N) is 1. The van der Waals surface area contributed by atoms with Gasteiger partial charge in [-0.15, -0.1) is 0 Å². The van der Waals surface area contributed by atoms with Gasteiger partial charge in [0, 0.05) is 30.7 Å². The third-order valence-electron chi connectivity index (χ3n) is 2.40. The van der Waals surface area contributed by atoms with Gasteiger partial charge in [-0.2, -0.15) is 13.2 Å². The van der Waals surface area contributed by atoms with E-state index in [9.17, 15) is 13.2 Å². The fraction of sp³-hybridized carbons (Fsp3) is 0.636. The Morgan fingerprint density at radius 2 is 2.18 bits per heavy atom. The van der Waals surface area contributed by atoms with Crippen LogP contribution in [0.25, 0.3) is 0 Å². The largest absolute Gasteiger partial charge is 0.441 e. The van der Waals surface area contributed by atoms with Gasteiger partial charge in [-0.1, -0.05) is 6.92 Å². The number of alkyl halides is 3. The normalized spacial score (nSPS) is 13.9. The van der Waals surface area contributed by atoms with E-state index in [0.29, 0.717) is 6.54 Å². The highest BCUT2D eigenvalue weighted by molar-refractivity contribution is 8.00. The molecule has 1 heterocycles. The summed E-state index contributed by atoms with van der Waals surface area (Å²) in [5.74, 6) is 0.0488. The van der Waals surface area contributed by atoms with Crippen LogP contribution in [0, 0.1) is 0 Å². The Balaban J connectivity index is 2.40. The Labute approximate surface area is 104 Å². The van der Waals surface area contributed by atoms with Crippen molar-refractivity contribution in [2.24, 2.45) is 0 Å². The lowest BCUT2D eigenvalue weighted by molar-refractivity contribution is -0.0328. The van der Waals surface area contributed by atoms with E-state index in [-0.39, 0.29) is 23.6 Å². The predicted octanol–water partition coefficient (Wildman–Crippen LogP) is 3.41.